The summed E-state index contributed by atoms with van der Waals surface area (Å²) < 4.78 is 14.9. The maximum absolute atomic E-state index is 14.9. The molecule has 3 rings (SSSR count). The maximum Gasteiger partial charge on any atom is 0.131 e. The summed E-state index contributed by atoms with van der Waals surface area (Å²) in [6.07, 6.45) is 14.4. The average Bonchev–Trinajstić information content (AvgIpc) is 2.73. The van der Waals surface area contributed by atoms with Crippen molar-refractivity contribution in [2.24, 2.45) is 5.92 Å². The topological polar surface area (TPSA) is 0 Å². The fourth-order valence-electron chi connectivity index (χ4n) is 4.61. The Hall–Kier alpha value is -1.89. The van der Waals surface area contributed by atoms with Gasteiger partial charge in [-0.3, -0.25) is 0 Å². The van der Waals surface area contributed by atoms with E-state index in [-0.39, 0.29) is 5.82 Å². The summed E-state index contributed by atoms with van der Waals surface area (Å²) in [7, 11) is 0. The van der Waals surface area contributed by atoms with Crippen LogP contribution in [0.3, 0.4) is 0 Å². The number of benzene rings is 2. The molecule has 0 aromatic heterocycles. The highest BCUT2D eigenvalue weighted by Gasteiger charge is 2.22. The molecule has 150 valence electrons. The second-order valence-corrected chi connectivity index (χ2v) is 8.48. The first-order valence-corrected chi connectivity index (χ1v) is 11.2. The minimum atomic E-state index is -0.0820. The van der Waals surface area contributed by atoms with Crippen LogP contribution in [0.2, 0.25) is 0 Å². The van der Waals surface area contributed by atoms with Crippen LogP contribution in [-0.4, -0.2) is 0 Å². The Labute approximate surface area is 170 Å². The molecule has 1 saturated carbocycles. The molecular weight excluding hydrogens is 343 g/mol. The van der Waals surface area contributed by atoms with Gasteiger partial charge in [-0.1, -0.05) is 75.1 Å². The van der Waals surface area contributed by atoms with Crippen molar-refractivity contribution in [3.8, 4) is 11.1 Å². The second-order valence-electron chi connectivity index (χ2n) is 8.48. The van der Waals surface area contributed by atoms with E-state index in [0.29, 0.717) is 11.5 Å². The van der Waals surface area contributed by atoms with Gasteiger partial charge in [0.15, 0.2) is 0 Å². The van der Waals surface area contributed by atoms with Gasteiger partial charge >= 0.3 is 0 Å². The summed E-state index contributed by atoms with van der Waals surface area (Å²) in [5, 5.41) is 0. The normalized spacial score (nSPS) is 19.5. The van der Waals surface area contributed by atoms with E-state index in [1.54, 1.807) is 6.07 Å². The van der Waals surface area contributed by atoms with Gasteiger partial charge in [0, 0.05) is 5.56 Å². The molecule has 0 heterocycles. The summed E-state index contributed by atoms with van der Waals surface area (Å²) in [6, 6.07) is 14.2. The standard InChI is InChI=1S/C27H35F/c1-3-5-7-9-22-10-14-23(15-11-22)25-18-19-26(27(28)20-25)24-16-12-21(13-17-24)8-6-4-2/h4,12-13,16-20,22-23H,2-3,5-11,14-15H2,1H3. The van der Waals surface area contributed by atoms with E-state index in [2.05, 4.69) is 31.7 Å². The molecular formula is C27H35F. The molecule has 2 aromatic carbocycles. The molecule has 0 atom stereocenters. The number of unbranched alkanes of at least 4 members (excludes halogenated alkanes) is 2. The molecule has 1 heteroatoms. The Bertz CT molecular complexity index is 735. The fraction of sp³-hybridized carbons (Fsp3) is 0.481. The first kappa shape index (κ1) is 20.8. The van der Waals surface area contributed by atoms with Crippen LogP contribution in [0.4, 0.5) is 4.39 Å². The average molecular weight is 379 g/mol. The highest BCUT2D eigenvalue weighted by Crippen LogP contribution is 2.38. The molecule has 0 spiro atoms. The van der Waals surface area contributed by atoms with Crippen molar-refractivity contribution in [3.63, 3.8) is 0 Å². The molecule has 1 fully saturated rings. The first-order valence-electron chi connectivity index (χ1n) is 11.2. The molecule has 0 nitrogen and oxygen atoms in total. The molecule has 2 aromatic rings. The van der Waals surface area contributed by atoms with E-state index in [4.69, 9.17) is 0 Å². The lowest BCUT2D eigenvalue weighted by atomic mass is 9.77. The lowest BCUT2D eigenvalue weighted by Crippen LogP contribution is -2.13. The number of rotatable bonds is 9. The van der Waals surface area contributed by atoms with Gasteiger partial charge in [0.2, 0.25) is 0 Å². The minimum Gasteiger partial charge on any atom is -0.206 e. The van der Waals surface area contributed by atoms with Crippen molar-refractivity contribution in [1.29, 1.82) is 0 Å². The SMILES string of the molecule is C=CCCc1ccc(-c2ccc(C3CCC(CCCCC)CC3)cc2F)cc1. The van der Waals surface area contributed by atoms with Crippen LogP contribution in [-0.2, 0) is 6.42 Å². The number of hydrogen-bond donors (Lipinski definition) is 0. The quantitative estimate of drug-likeness (QED) is 0.303. The third-order valence-electron chi connectivity index (χ3n) is 6.43. The summed E-state index contributed by atoms with van der Waals surface area (Å²) in [5.41, 5.74) is 4.14. The number of hydrogen-bond acceptors (Lipinski definition) is 0. The van der Waals surface area contributed by atoms with Crippen molar-refractivity contribution in [2.45, 2.75) is 77.0 Å². The number of allylic oxidation sites excluding steroid dienone is 1. The third kappa shape index (κ3) is 5.56. The monoisotopic (exact) mass is 378 g/mol. The van der Waals surface area contributed by atoms with Crippen LogP contribution >= 0.6 is 0 Å². The molecule has 1 aliphatic carbocycles. The Kier molecular flexibility index (Phi) is 7.89. The zero-order valence-electron chi connectivity index (χ0n) is 17.4. The van der Waals surface area contributed by atoms with Crippen LogP contribution in [0, 0.1) is 11.7 Å². The summed E-state index contributed by atoms with van der Waals surface area (Å²) in [6.45, 7) is 6.04. The number of halogens is 1. The maximum atomic E-state index is 14.9. The van der Waals surface area contributed by atoms with Crippen molar-refractivity contribution < 1.29 is 4.39 Å². The third-order valence-corrected chi connectivity index (χ3v) is 6.43. The van der Waals surface area contributed by atoms with Crippen LogP contribution in [0.15, 0.2) is 55.1 Å². The lowest BCUT2D eigenvalue weighted by molar-refractivity contribution is 0.302. The van der Waals surface area contributed by atoms with Crippen molar-refractivity contribution in [3.05, 3.63) is 72.1 Å². The smallest absolute Gasteiger partial charge is 0.131 e. The van der Waals surface area contributed by atoms with E-state index in [0.717, 1.165) is 24.3 Å². The van der Waals surface area contributed by atoms with Gasteiger partial charge in [-0.05, 0) is 73.1 Å². The van der Waals surface area contributed by atoms with Gasteiger partial charge in [-0.15, -0.1) is 6.58 Å². The van der Waals surface area contributed by atoms with Crippen LogP contribution in [0.5, 0.6) is 0 Å². The van der Waals surface area contributed by atoms with Crippen LogP contribution < -0.4 is 0 Å². The largest absolute Gasteiger partial charge is 0.206 e. The molecule has 0 amide bonds. The molecule has 0 unspecified atom stereocenters. The van der Waals surface area contributed by atoms with Gasteiger partial charge in [-0.2, -0.15) is 0 Å². The highest BCUT2D eigenvalue weighted by molar-refractivity contribution is 5.65. The fourth-order valence-corrected chi connectivity index (χ4v) is 4.61. The van der Waals surface area contributed by atoms with Gasteiger partial charge < -0.3 is 0 Å². The van der Waals surface area contributed by atoms with Gasteiger partial charge in [0.05, 0.1) is 0 Å². The Balaban J connectivity index is 1.60. The van der Waals surface area contributed by atoms with Gasteiger partial charge in [0.25, 0.3) is 0 Å². The predicted molar refractivity (Wildman–Crippen MR) is 119 cm³/mol. The van der Waals surface area contributed by atoms with E-state index in [1.807, 2.05) is 24.3 Å². The predicted octanol–water partition coefficient (Wildman–Crippen LogP) is 8.47. The molecule has 0 saturated heterocycles. The number of aryl methyl sites for hydroxylation is 1. The van der Waals surface area contributed by atoms with E-state index < -0.39 is 0 Å². The first-order chi connectivity index (χ1) is 13.7. The zero-order valence-corrected chi connectivity index (χ0v) is 17.4. The minimum absolute atomic E-state index is 0.0820. The molecule has 1 aliphatic rings. The Morgan fingerprint density at radius 2 is 1.75 bits per heavy atom. The summed E-state index contributed by atoms with van der Waals surface area (Å²) in [5.74, 6) is 1.35. The molecule has 0 aliphatic heterocycles. The highest BCUT2D eigenvalue weighted by atomic mass is 19.1. The van der Waals surface area contributed by atoms with Crippen LogP contribution in [0.1, 0.15) is 81.8 Å². The molecule has 0 N–H and O–H groups in total. The Morgan fingerprint density at radius 3 is 2.39 bits per heavy atom. The molecule has 28 heavy (non-hydrogen) atoms. The van der Waals surface area contributed by atoms with Gasteiger partial charge in [0.1, 0.15) is 5.82 Å². The van der Waals surface area contributed by atoms with Crippen molar-refractivity contribution >= 4 is 0 Å². The van der Waals surface area contributed by atoms with E-state index in [1.165, 1.54) is 62.5 Å². The molecule has 0 bridgehead atoms. The lowest BCUT2D eigenvalue weighted by Gasteiger charge is -2.29. The van der Waals surface area contributed by atoms with E-state index >= 15 is 0 Å². The van der Waals surface area contributed by atoms with E-state index in [9.17, 15) is 4.39 Å². The second kappa shape index (κ2) is 10.6. The summed E-state index contributed by atoms with van der Waals surface area (Å²) in [4.78, 5) is 0. The zero-order chi connectivity index (χ0) is 19.8. The Morgan fingerprint density at radius 1 is 1.00 bits per heavy atom. The molecule has 0 radical (unpaired) electrons. The van der Waals surface area contributed by atoms with Crippen molar-refractivity contribution in [2.75, 3.05) is 0 Å². The van der Waals surface area contributed by atoms with Crippen molar-refractivity contribution in [1.82, 2.24) is 0 Å². The van der Waals surface area contributed by atoms with Crippen LogP contribution in [0.25, 0.3) is 11.1 Å². The van der Waals surface area contributed by atoms with Gasteiger partial charge in [-0.25, -0.2) is 4.39 Å². The summed E-state index contributed by atoms with van der Waals surface area (Å²) >= 11 is 0.